The van der Waals surface area contributed by atoms with Gasteiger partial charge in [-0.2, -0.15) is 0 Å². The fraction of sp³-hybridized carbons (Fsp3) is 0.190. The summed E-state index contributed by atoms with van der Waals surface area (Å²) >= 11 is 6.16. The Morgan fingerprint density at radius 3 is 2.59 bits per heavy atom. The van der Waals surface area contributed by atoms with Crippen molar-refractivity contribution in [2.45, 2.75) is 27.3 Å². The van der Waals surface area contributed by atoms with Crippen LogP contribution in [0.4, 0.5) is 11.6 Å². The van der Waals surface area contributed by atoms with Crippen molar-refractivity contribution in [2.24, 2.45) is 0 Å². The van der Waals surface area contributed by atoms with Crippen LogP contribution in [0.3, 0.4) is 0 Å². The van der Waals surface area contributed by atoms with Crippen LogP contribution in [0, 0.1) is 20.8 Å². The normalized spacial score (nSPS) is 10.5. The highest BCUT2D eigenvalue weighted by Crippen LogP contribution is 2.25. The molecule has 1 amide bonds. The lowest BCUT2D eigenvalue weighted by atomic mass is 10.1. The minimum Gasteiger partial charge on any atom is -0.347 e. The third-order valence-electron chi connectivity index (χ3n) is 4.14. The van der Waals surface area contributed by atoms with Crippen molar-refractivity contribution in [1.82, 2.24) is 15.3 Å². The van der Waals surface area contributed by atoms with Gasteiger partial charge in [-0.1, -0.05) is 47.5 Å². The molecule has 6 heteroatoms. The third kappa shape index (κ3) is 4.83. The molecule has 0 aliphatic heterocycles. The van der Waals surface area contributed by atoms with E-state index in [1.54, 1.807) is 6.07 Å². The predicted octanol–water partition coefficient (Wildman–Crippen LogP) is 4.73. The molecule has 138 valence electrons. The minimum atomic E-state index is -0.243. The van der Waals surface area contributed by atoms with E-state index in [-0.39, 0.29) is 5.91 Å². The van der Waals surface area contributed by atoms with Gasteiger partial charge < -0.3 is 10.6 Å². The van der Waals surface area contributed by atoms with Gasteiger partial charge in [-0.25, -0.2) is 9.97 Å². The molecule has 0 atom stereocenters. The number of hydrogen-bond donors (Lipinski definition) is 2. The van der Waals surface area contributed by atoms with Crippen LogP contribution in [0.25, 0.3) is 0 Å². The van der Waals surface area contributed by atoms with E-state index < -0.39 is 0 Å². The highest BCUT2D eigenvalue weighted by atomic mass is 35.5. The summed E-state index contributed by atoms with van der Waals surface area (Å²) in [5.41, 5.74) is 4.92. The molecule has 0 aliphatic rings. The zero-order valence-corrected chi connectivity index (χ0v) is 16.3. The Morgan fingerprint density at radius 1 is 1.04 bits per heavy atom. The summed E-state index contributed by atoms with van der Waals surface area (Å²) in [5, 5.41) is 6.70. The first-order valence-corrected chi connectivity index (χ1v) is 9.02. The Bertz CT molecular complexity index is 988. The quantitative estimate of drug-likeness (QED) is 0.671. The maximum absolute atomic E-state index is 12.5. The van der Waals surface area contributed by atoms with Crippen molar-refractivity contribution in [1.29, 1.82) is 0 Å². The Labute approximate surface area is 163 Å². The second-order valence-electron chi connectivity index (χ2n) is 6.43. The van der Waals surface area contributed by atoms with Crippen LogP contribution in [-0.4, -0.2) is 15.9 Å². The molecule has 3 rings (SSSR count). The van der Waals surface area contributed by atoms with Crippen LogP contribution in [0.5, 0.6) is 0 Å². The molecule has 0 saturated heterocycles. The van der Waals surface area contributed by atoms with Crippen molar-refractivity contribution in [3.8, 4) is 0 Å². The number of carbonyl (C=O) groups excluding carboxylic acids is 1. The van der Waals surface area contributed by atoms with E-state index >= 15 is 0 Å². The van der Waals surface area contributed by atoms with E-state index in [9.17, 15) is 4.79 Å². The molecule has 0 spiro atoms. The van der Waals surface area contributed by atoms with Crippen molar-refractivity contribution in [3.05, 3.63) is 81.6 Å². The average molecular weight is 381 g/mol. The van der Waals surface area contributed by atoms with Gasteiger partial charge in [0.05, 0.1) is 0 Å². The van der Waals surface area contributed by atoms with Crippen LogP contribution in [0.1, 0.15) is 32.9 Å². The minimum absolute atomic E-state index is 0.243. The summed E-state index contributed by atoms with van der Waals surface area (Å²) in [5.74, 6) is 0.119. The monoisotopic (exact) mass is 380 g/mol. The second kappa shape index (κ2) is 8.18. The largest absolute Gasteiger partial charge is 0.347 e. The Balaban J connectivity index is 1.76. The number of nitrogens with zero attached hydrogens (tertiary/aromatic N) is 2. The molecular formula is C21H21ClN4O. The van der Waals surface area contributed by atoms with Gasteiger partial charge in [0.2, 0.25) is 5.95 Å². The SMILES string of the molecule is Cc1cccc(CNC(=O)c2cc(C)nc(Nc3cccc(Cl)c3C)n2)c1. The van der Waals surface area contributed by atoms with Gasteiger partial charge in [0.1, 0.15) is 5.69 Å². The van der Waals surface area contributed by atoms with Crippen LogP contribution in [0.2, 0.25) is 5.02 Å². The maximum Gasteiger partial charge on any atom is 0.270 e. The lowest BCUT2D eigenvalue weighted by molar-refractivity contribution is 0.0945. The number of halogens is 1. The number of carbonyl (C=O) groups is 1. The van der Waals surface area contributed by atoms with Crippen LogP contribution in [0.15, 0.2) is 48.5 Å². The smallest absolute Gasteiger partial charge is 0.270 e. The summed E-state index contributed by atoms with van der Waals surface area (Å²) < 4.78 is 0. The maximum atomic E-state index is 12.5. The fourth-order valence-electron chi connectivity index (χ4n) is 2.70. The van der Waals surface area contributed by atoms with Crippen molar-refractivity contribution in [3.63, 3.8) is 0 Å². The summed E-state index contributed by atoms with van der Waals surface area (Å²) in [6.45, 7) is 6.21. The molecule has 0 aliphatic carbocycles. The molecule has 0 radical (unpaired) electrons. The van der Waals surface area contributed by atoms with Crippen molar-refractivity contribution >= 4 is 29.1 Å². The van der Waals surface area contributed by atoms with Gasteiger partial charge in [0.15, 0.2) is 0 Å². The molecule has 1 heterocycles. The van der Waals surface area contributed by atoms with E-state index in [4.69, 9.17) is 11.6 Å². The number of anilines is 2. The molecule has 2 aromatic carbocycles. The van der Waals surface area contributed by atoms with Crippen LogP contribution >= 0.6 is 11.6 Å². The van der Waals surface area contributed by atoms with E-state index in [0.717, 1.165) is 22.4 Å². The second-order valence-corrected chi connectivity index (χ2v) is 6.83. The zero-order chi connectivity index (χ0) is 19.4. The first-order chi connectivity index (χ1) is 12.9. The Morgan fingerprint density at radius 2 is 1.81 bits per heavy atom. The number of amides is 1. The molecule has 0 bridgehead atoms. The van der Waals surface area contributed by atoms with Gasteiger partial charge >= 0.3 is 0 Å². The van der Waals surface area contributed by atoms with E-state index in [2.05, 4.69) is 20.6 Å². The van der Waals surface area contributed by atoms with Gasteiger partial charge in [-0.05, 0) is 50.1 Å². The van der Waals surface area contributed by atoms with Gasteiger partial charge in [-0.3, -0.25) is 4.79 Å². The Hall–Kier alpha value is -2.92. The molecule has 1 aromatic heterocycles. The fourth-order valence-corrected chi connectivity index (χ4v) is 2.87. The van der Waals surface area contributed by atoms with E-state index in [0.29, 0.717) is 28.9 Å². The lowest BCUT2D eigenvalue weighted by Gasteiger charge is -2.11. The summed E-state index contributed by atoms with van der Waals surface area (Å²) in [4.78, 5) is 21.2. The van der Waals surface area contributed by atoms with E-state index in [1.165, 1.54) is 0 Å². The first kappa shape index (κ1) is 18.9. The number of rotatable bonds is 5. The standard InChI is InChI=1S/C21H21ClN4O/c1-13-6-4-7-16(10-13)12-23-20(27)19-11-14(2)24-21(26-19)25-18-9-5-8-17(22)15(18)3/h4-11H,12H2,1-3H3,(H,23,27)(H,24,25,26). The molecule has 2 N–H and O–H groups in total. The number of aromatic nitrogens is 2. The zero-order valence-electron chi connectivity index (χ0n) is 15.5. The van der Waals surface area contributed by atoms with Crippen LogP contribution in [-0.2, 0) is 6.54 Å². The first-order valence-electron chi connectivity index (χ1n) is 8.64. The lowest BCUT2D eigenvalue weighted by Crippen LogP contribution is -2.24. The molecule has 27 heavy (non-hydrogen) atoms. The molecule has 0 fully saturated rings. The Kier molecular flexibility index (Phi) is 5.72. The summed E-state index contributed by atoms with van der Waals surface area (Å²) in [6, 6.07) is 15.3. The molecule has 5 nitrogen and oxygen atoms in total. The van der Waals surface area contributed by atoms with Gasteiger partial charge in [-0.15, -0.1) is 0 Å². The van der Waals surface area contributed by atoms with Gasteiger partial charge in [0.25, 0.3) is 5.91 Å². The highest BCUT2D eigenvalue weighted by molar-refractivity contribution is 6.31. The molecule has 0 saturated carbocycles. The molecular weight excluding hydrogens is 360 g/mol. The number of hydrogen-bond acceptors (Lipinski definition) is 4. The molecule has 3 aromatic rings. The summed E-state index contributed by atoms with van der Waals surface area (Å²) in [6.07, 6.45) is 0. The number of benzene rings is 2. The van der Waals surface area contributed by atoms with E-state index in [1.807, 2.05) is 63.2 Å². The van der Waals surface area contributed by atoms with Gasteiger partial charge in [0, 0.05) is 22.9 Å². The number of nitrogens with one attached hydrogen (secondary N) is 2. The van der Waals surface area contributed by atoms with Crippen LogP contribution < -0.4 is 10.6 Å². The third-order valence-corrected chi connectivity index (χ3v) is 4.55. The average Bonchev–Trinajstić information content (AvgIpc) is 2.63. The van der Waals surface area contributed by atoms with Crippen molar-refractivity contribution < 1.29 is 4.79 Å². The highest BCUT2D eigenvalue weighted by Gasteiger charge is 2.12. The topological polar surface area (TPSA) is 66.9 Å². The summed E-state index contributed by atoms with van der Waals surface area (Å²) in [7, 11) is 0. The number of aryl methyl sites for hydroxylation is 2. The predicted molar refractivity (Wildman–Crippen MR) is 109 cm³/mol. The van der Waals surface area contributed by atoms with Crippen molar-refractivity contribution in [2.75, 3.05) is 5.32 Å². The molecule has 0 unspecified atom stereocenters.